The summed E-state index contributed by atoms with van der Waals surface area (Å²) in [5, 5.41) is 0. The first-order valence-corrected chi connectivity index (χ1v) is 6.00. The van der Waals surface area contributed by atoms with Crippen LogP contribution in [-0.4, -0.2) is 26.9 Å². The first-order chi connectivity index (χ1) is 9.56. The summed E-state index contributed by atoms with van der Waals surface area (Å²) in [6.07, 6.45) is 3.43. The van der Waals surface area contributed by atoms with Crippen LogP contribution in [-0.2, 0) is 13.1 Å². The van der Waals surface area contributed by atoms with Gasteiger partial charge in [-0.25, -0.2) is 18.2 Å². The van der Waals surface area contributed by atoms with E-state index in [0.717, 1.165) is 0 Å². The third-order valence-electron chi connectivity index (χ3n) is 3.26. The van der Waals surface area contributed by atoms with Crippen molar-refractivity contribution in [3.63, 3.8) is 0 Å². The molecule has 1 aliphatic heterocycles. The maximum Gasteiger partial charge on any atom is 0.254 e. The lowest BCUT2D eigenvalue weighted by Gasteiger charge is -2.27. The molecule has 0 aliphatic carbocycles. The Balaban J connectivity index is 1.87. The topological polar surface area (TPSA) is 38.1 Å². The number of imidazole rings is 1. The van der Waals surface area contributed by atoms with E-state index in [1.54, 1.807) is 12.4 Å². The molecule has 2 aromatic rings. The Morgan fingerprint density at radius 3 is 2.55 bits per heavy atom. The van der Waals surface area contributed by atoms with Gasteiger partial charge < -0.3 is 9.47 Å². The van der Waals surface area contributed by atoms with Gasteiger partial charge >= 0.3 is 0 Å². The Labute approximate surface area is 112 Å². The normalized spacial score (nSPS) is 14.2. The molecule has 1 aromatic carbocycles. The van der Waals surface area contributed by atoms with E-state index >= 15 is 0 Å². The van der Waals surface area contributed by atoms with Crippen LogP contribution in [0.5, 0.6) is 0 Å². The van der Waals surface area contributed by atoms with Gasteiger partial charge in [0.15, 0.2) is 17.5 Å². The summed E-state index contributed by atoms with van der Waals surface area (Å²) in [7, 11) is 0. The number of rotatable bonds is 1. The molecule has 0 unspecified atom stereocenters. The van der Waals surface area contributed by atoms with Crippen molar-refractivity contribution in [2.24, 2.45) is 0 Å². The SMILES string of the molecule is O=C(c1cc(F)c(F)c(F)c1)N1CCn2ccnc2C1. The predicted octanol–water partition coefficient (Wildman–Crippen LogP) is 1.96. The number of amides is 1. The lowest BCUT2D eigenvalue weighted by molar-refractivity contribution is 0.0706. The van der Waals surface area contributed by atoms with Gasteiger partial charge in [-0.1, -0.05) is 0 Å². The lowest BCUT2D eigenvalue weighted by Crippen LogP contribution is -2.38. The van der Waals surface area contributed by atoms with E-state index in [9.17, 15) is 18.0 Å². The lowest BCUT2D eigenvalue weighted by atomic mass is 10.1. The number of fused-ring (bicyclic) bond motifs is 1. The van der Waals surface area contributed by atoms with Crippen LogP contribution in [0.4, 0.5) is 13.2 Å². The van der Waals surface area contributed by atoms with Gasteiger partial charge in [-0.2, -0.15) is 0 Å². The van der Waals surface area contributed by atoms with Crippen LogP contribution >= 0.6 is 0 Å². The summed E-state index contributed by atoms with van der Waals surface area (Å²) >= 11 is 0. The molecule has 2 heterocycles. The van der Waals surface area contributed by atoms with Crippen molar-refractivity contribution in [3.8, 4) is 0 Å². The second kappa shape index (κ2) is 4.66. The van der Waals surface area contributed by atoms with Gasteiger partial charge in [-0.3, -0.25) is 4.79 Å². The largest absolute Gasteiger partial charge is 0.332 e. The van der Waals surface area contributed by atoms with Crippen LogP contribution in [0.15, 0.2) is 24.5 Å². The first-order valence-electron chi connectivity index (χ1n) is 6.00. The molecule has 1 aliphatic rings. The monoisotopic (exact) mass is 281 g/mol. The molecule has 4 nitrogen and oxygen atoms in total. The molecule has 3 rings (SSSR count). The highest BCUT2D eigenvalue weighted by molar-refractivity contribution is 5.94. The van der Waals surface area contributed by atoms with Gasteiger partial charge in [0.1, 0.15) is 5.82 Å². The van der Waals surface area contributed by atoms with Crippen molar-refractivity contribution in [3.05, 3.63) is 53.4 Å². The summed E-state index contributed by atoms with van der Waals surface area (Å²) in [6, 6.07) is 1.42. The number of benzene rings is 1. The maximum atomic E-state index is 13.2. The Kier molecular flexibility index (Phi) is 2.96. The van der Waals surface area contributed by atoms with Crippen molar-refractivity contribution in [2.75, 3.05) is 6.54 Å². The van der Waals surface area contributed by atoms with E-state index in [0.29, 0.717) is 31.0 Å². The van der Waals surface area contributed by atoms with Crippen molar-refractivity contribution < 1.29 is 18.0 Å². The van der Waals surface area contributed by atoms with Crippen LogP contribution in [0.25, 0.3) is 0 Å². The molecule has 7 heteroatoms. The first kappa shape index (κ1) is 12.7. The van der Waals surface area contributed by atoms with Crippen LogP contribution in [0.2, 0.25) is 0 Å². The third-order valence-corrected chi connectivity index (χ3v) is 3.26. The van der Waals surface area contributed by atoms with Crippen LogP contribution < -0.4 is 0 Å². The second-order valence-electron chi connectivity index (χ2n) is 4.52. The summed E-state index contributed by atoms with van der Waals surface area (Å²) in [6.45, 7) is 1.22. The van der Waals surface area contributed by atoms with Crippen LogP contribution in [0, 0.1) is 17.5 Å². The standard InChI is InChI=1S/C13H10F3N3O/c14-9-5-8(6-10(15)12(9)16)13(20)19-4-3-18-2-1-17-11(18)7-19/h1-2,5-6H,3-4,7H2. The molecule has 0 atom stereocenters. The van der Waals surface area contributed by atoms with E-state index in [1.807, 2.05) is 4.57 Å². The van der Waals surface area contributed by atoms with Crippen molar-refractivity contribution >= 4 is 5.91 Å². The highest BCUT2D eigenvalue weighted by Crippen LogP contribution is 2.18. The molecule has 0 saturated carbocycles. The van der Waals surface area contributed by atoms with Gasteiger partial charge in [-0.15, -0.1) is 0 Å². The van der Waals surface area contributed by atoms with Crippen LogP contribution in [0.3, 0.4) is 0 Å². The Morgan fingerprint density at radius 2 is 1.85 bits per heavy atom. The number of nitrogens with zero attached hydrogens (tertiary/aromatic N) is 3. The molecule has 0 bridgehead atoms. The fourth-order valence-corrected chi connectivity index (χ4v) is 2.21. The molecule has 0 saturated heterocycles. The molecule has 0 spiro atoms. The Bertz CT molecular complexity index is 660. The zero-order valence-electron chi connectivity index (χ0n) is 10.3. The molecule has 1 aromatic heterocycles. The van der Waals surface area contributed by atoms with Crippen molar-refractivity contribution in [1.29, 1.82) is 0 Å². The molecule has 0 N–H and O–H groups in total. The average Bonchev–Trinajstić information content (AvgIpc) is 2.90. The minimum absolute atomic E-state index is 0.207. The Hall–Kier alpha value is -2.31. The smallest absolute Gasteiger partial charge is 0.254 e. The summed E-state index contributed by atoms with van der Waals surface area (Å²) < 4.78 is 41.1. The van der Waals surface area contributed by atoms with Crippen LogP contribution in [0.1, 0.15) is 16.2 Å². The molecule has 104 valence electrons. The van der Waals surface area contributed by atoms with E-state index in [1.165, 1.54) is 4.90 Å². The highest BCUT2D eigenvalue weighted by Gasteiger charge is 2.24. The van der Waals surface area contributed by atoms with E-state index < -0.39 is 23.4 Å². The minimum atomic E-state index is -1.57. The average molecular weight is 281 g/mol. The molecule has 0 radical (unpaired) electrons. The van der Waals surface area contributed by atoms with Gasteiger partial charge in [0.05, 0.1) is 6.54 Å². The second-order valence-corrected chi connectivity index (χ2v) is 4.52. The summed E-state index contributed by atoms with van der Waals surface area (Å²) in [5.41, 5.74) is -0.207. The number of hydrogen-bond donors (Lipinski definition) is 0. The number of carbonyl (C=O) groups is 1. The van der Waals surface area contributed by atoms with E-state index in [2.05, 4.69) is 4.98 Å². The molecule has 1 amide bonds. The molecular formula is C13H10F3N3O. The van der Waals surface area contributed by atoms with Crippen molar-refractivity contribution in [2.45, 2.75) is 13.1 Å². The minimum Gasteiger partial charge on any atom is -0.332 e. The Morgan fingerprint density at radius 1 is 1.15 bits per heavy atom. The quantitative estimate of drug-likeness (QED) is 0.749. The maximum absolute atomic E-state index is 13.2. The molecule has 20 heavy (non-hydrogen) atoms. The fourth-order valence-electron chi connectivity index (χ4n) is 2.21. The molecular weight excluding hydrogens is 271 g/mol. The number of aromatic nitrogens is 2. The zero-order valence-corrected chi connectivity index (χ0v) is 10.3. The van der Waals surface area contributed by atoms with E-state index in [4.69, 9.17) is 0 Å². The number of carbonyl (C=O) groups excluding carboxylic acids is 1. The summed E-state index contributed by atoms with van der Waals surface area (Å²) in [4.78, 5) is 17.7. The molecule has 0 fully saturated rings. The zero-order chi connectivity index (χ0) is 14.3. The number of hydrogen-bond acceptors (Lipinski definition) is 2. The van der Waals surface area contributed by atoms with E-state index in [-0.39, 0.29) is 12.1 Å². The predicted molar refractivity (Wildman–Crippen MR) is 63.3 cm³/mol. The van der Waals surface area contributed by atoms with Gasteiger partial charge in [0.2, 0.25) is 0 Å². The van der Waals surface area contributed by atoms with Crippen molar-refractivity contribution in [1.82, 2.24) is 14.5 Å². The number of halogens is 3. The van der Waals surface area contributed by atoms with Gasteiger partial charge in [-0.05, 0) is 12.1 Å². The third kappa shape index (κ3) is 2.04. The van der Waals surface area contributed by atoms with Gasteiger partial charge in [0.25, 0.3) is 5.91 Å². The summed E-state index contributed by atoms with van der Waals surface area (Å²) in [5.74, 6) is -4.15. The van der Waals surface area contributed by atoms with Gasteiger partial charge in [0, 0.05) is 31.0 Å². The highest BCUT2D eigenvalue weighted by atomic mass is 19.2. The fraction of sp³-hybridized carbons (Fsp3) is 0.231.